The summed E-state index contributed by atoms with van der Waals surface area (Å²) >= 11 is 1.80. The summed E-state index contributed by atoms with van der Waals surface area (Å²) in [6, 6.07) is 4.72. The summed E-state index contributed by atoms with van der Waals surface area (Å²) < 4.78 is 0. The molecule has 5 heteroatoms. The highest BCUT2D eigenvalue weighted by Gasteiger charge is 2.02. The zero-order valence-electron chi connectivity index (χ0n) is 10.7. The number of rotatable bonds is 5. The van der Waals surface area contributed by atoms with Crippen molar-refractivity contribution in [3.8, 4) is 0 Å². The molecule has 3 nitrogen and oxygen atoms in total. The van der Waals surface area contributed by atoms with Crippen molar-refractivity contribution >= 4 is 41.3 Å². The lowest BCUT2D eigenvalue weighted by Gasteiger charge is -2.16. The smallest absolute Gasteiger partial charge is 0.191 e. The van der Waals surface area contributed by atoms with Crippen molar-refractivity contribution in [2.24, 2.45) is 4.99 Å². The molecule has 2 N–H and O–H groups in total. The second-order valence-electron chi connectivity index (χ2n) is 3.78. The second kappa shape index (κ2) is 9.70. The molecule has 0 aliphatic rings. The Kier molecular flexibility index (Phi) is 9.53. The van der Waals surface area contributed by atoms with E-state index in [0.717, 1.165) is 25.3 Å². The summed E-state index contributed by atoms with van der Waals surface area (Å²) in [6.45, 7) is 5.25. The molecule has 1 rings (SSSR count). The lowest BCUT2D eigenvalue weighted by molar-refractivity contribution is 0.624. The number of nitrogens with zero attached hydrogens (tertiary/aromatic N) is 1. The van der Waals surface area contributed by atoms with Crippen LogP contribution < -0.4 is 10.6 Å². The normalized spacial score (nSPS) is 12.8. The van der Waals surface area contributed by atoms with Crippen molar-refractivity contribution in [2.75, 3.05) is 13.6 Å². The molecule has 1 atom stereocenters. The first-order valence-corrected chi connectivity index (χ1v) is 6.63. The average Bonchev–Trinajstić information content (AvgIpc) is 2.80. The second-order valence-corrected chi connectivity index (χ2v) is 4.81. The summed E-state index contributed by atoms with van der Waals surface area (Å²) in [7, 11) is 1.81. The SMILES string of the molecule is CCC(C)NC(=NC)NCCc1cccs1.I. The van der Waals surface area contributed by atoms with Crippen molar-refractivity contribution in [3.63, 3.8) is 0 Å². The molecule has 0 aliphatic heterocycles. The molecule has 0 aliphatic carbocycles. The van der Waals surface area contributed by atoms with Crippen molar-refractivity contribution in [2.45, 2.75) is 32.7 Å². The van der Waals surface area contributed by atoms with Crippen molar-refractivity contribution < 1.29 is 0 Å². The molecule has 0 bridgehead atoms. The molecule has 0 saturated carbocycles. The van der Waals surface area contributed by atoms with Gasteiger partial charge < -0.3 is 10.6 Å². The number of aliphatic imine (C=N–C) groups is 1. The van der Waals surface area contributed by atoms with E-state index in [1.54, 1.807) is 11.3 Å². The molecule has 0 aromatic carbocycles. The first kappa shape index (κ1) is 16.7. The predicted octanol–water partition coefficient (Wildman–Crippen LogP) is 2.87. The molecule has 0 radical (unpaired) electrons. The Bertz CT molecular complexity index is 312. The fourth-order valence-electron chi connectivity index (χ4n) is 1.29. The molecule has 98 valence electrons. The Morgan fingerprint density at radius 3 is 2.82 bits per heavy atom. The molecule has 1 aromatic heterocycles. The molecule has 0 spiro atoms. The van der Waals surface area contributed by atoms with Gasteiger partial charge in [0.1, 0.15) is 0 Å². The Morgan fingerprint density at radius 1 is 1.53 bits per heavy atom. The highest BCUT2D eigenvalue weighted by Crippen LogP contribution is 2.07. The maximum Gasteiger partial charge on any atom is 0.191 e. The Labute approximate surface area is 125 Å². The first-order valence-electron chi connectivity index (χ1n) is 5.75. The number of guanidine groups is 1. The lowest BCUT2D eigenvalue weighted by Crippen LogP contribution is -2.42. The van der Waals surface area contributed by atoms with Crippen molar-refractivity contribution in [1.29, 1.82) is 0 Å². The van der Waals surface area contributed by atoms with Crippen LogP contribution in [0.25, 0.3) is 0 Å². The van der Waals surface area contributed by atoms with Crippen LogP contribution in [0.5, 0.6) is 0 Å². The topological polar surface area (TPSA) is 36.4 Å². The van der Waals surface area contributed by atoms with Crippen LogP contribution in [0, 0.1) is 0 Å². The number of hydrogen-bond acceptors (Lipinski definition) is 2. The van der Waals surface area contributed by atoms with Crippen LogP contribution in [0.3, 0.4) is 0 Å². The highest BCUT2D eigenvalue weighted by atomic mass is 127. The summed E-state index contributed by atoms with van der Waals surface area (Å²) in [6.07, 6.45) is 2.16. The molecule has 1 unspecified atom stereocenters. The fraction of sp³-hybridized carbons (Fsp3) is 0.583. The Hall–Kier alpha value is -0.300. The van der Waals surface area contributed by atoms with E-state index in [-0.39, 0.29) is 24.0 Å². The van der Waals surface area contributed by atoms with Crippen LogP contribution in [0.2, 0.25) is 0 Å². The van der Waals surface area contributed by atoms with Crippen LogP contribution >= 0.6 is 35.3 Å². The summed E-state index contributed by atoms with van der Waals surface area (Å²) in [4.78, 5) is 5.60. The highest BCUT2D eigenvalue weighted by molar-refractivity contribution is 14.0. The number of nitrogens with one attached hydrogen (secondary N) is 2. The number of halogens is 1. The van der Waals surface area contributed by atoms with Gasteiger partial charge in [-0.15, -0.1) is 35.3 Å². The van der Waals surface area contributed by atoms with Gasteiger partial charge >= 0.3 is 0 Å². The van der Waals surface area contributed by atoms with Gasteiger partial charge in [0.2, 0.25) is 0 Å². The monoisotopic (exact) mass is 367 g/mol. The average molecular weight is 367 g/mol. The minimum Gasteiger partial charge on any atom is -0.356 e. The predicted molar refractivity (Wildman–Crippen MR) is 87.7 cm³/mol. The van der Waals surface area contributed by atoms with E-state index in [2.05, 4.69) is 47.0 Å². The van der Waals surface area contributed by atoms with E-state index in [1.807, 2.05) is 7.05 Å². The summed E-state index contributed by atoms with van der Waals surface area (Å²) in [5, 5.41) is 8.77. The summed E-state index contributed by atoms with van der Waals surface area (Å²) in [5.41, 5.74) is 0. The van der Waals surface area contributed by atoms with Gasteiger partial charge in [0.25, 0.3) is 0 Å². The van der Waals surface area contributed by atoms with E-state index >= 15 is 0 Å². The van der Waals surface area contributed by atoms with Gasteiger partial charge in [0, 0.05) is 24.5 Å². The van der Waals surface area contributed by atoms with Gasteiger partial charge in [0.05, 0.1) is 0 Å². The van der Waals surface area contributed by atoms with E-state index in [4.69, 9.17) is 0 Å². The Balaban J connectivity index is 0.00000256. The van der Waals surface area contributed by atoms with Crippen molar-refractivity contribution in [1.82, 2.24) is 10.6 Å². The minimum atomic E-state index is 0. The van der Waals surface area contributed by atoms with Gasteiger partial charge in [0.15, 0.2) is 5.96 Å². The van der Waals surface area contributed by atoms with Crippen LogP contribution in [0.15, 0.2) is 22.5 Å². The van der Waals surface area contributed by atoms with Crippen LogP contribution in [-0.2, 0) is 6.42 Å². The first-order chi connectivity index (χ1) is 7.76. The van der Waals surface area contributed by atoms with Crippen LogP contribution in [0.1, 0.15) is 25.1 Å². The van der Waals surface area contributed by atoms with E-state index in [0.29, 0.717) is 6.04 Å². The van der Waals surface area contributed by atoms with Crippen LogP contribution in [-0.4, -0.2) is 25.6 Å². The summed E-state index contributed by atoms with van der Waals surface area (Å²) in [5.74, 6) is 0.894. The van der Waals surface area contributed by atoms with Gasteiger partial charge in [-0.1, -0.05) is 13.0 Å². The molecule has 0 saturated heterocycles. The van der Waals surface area contributed by atoms with Gasteiger partial charge in [-0.25, -0.2) is 0 Å². The lowest BCUT2D eigenvalue weighted by atomic mass is 10.3. The third-order valence-corrected chi connectivity index (χ3v) is 3.40. The maximum atomic E-state index is 4.19. The molecular formula is C12H22IN3S. The molecule has 0 amide bonds. The van der Waals surface area contributed by atoms with Crippen molar-refractivity contribution in [3.05, 3.63) is 22.4 Å². The standard InChI is InChI=1S/C12H21N3S.HI/c1-4-10(2)15-12(13-3)14-8-7-11-6-5-9-16-11;/h5-6,9-10H,4,7-8H2,1-3H3,(H2,13,14,15);1H. The quantitative estimate of drug-likeness (QED) is 0.477. The number of hydrogen-bond donors (Lipinski definition) is 2. The van der Waals surface area contributed by atoms with Gasteiger partial charge in [-0.05, 0) is 31.2 Å². The molecule has 17 heavy (non-hydrogen) atoms. The maximum absolute atomic E-state index is 4.19. The largest absolute Gasteiger partial charge is 0.356 e. The Morgan fingerprint density at radius 2 is 2.29 bits per heavy atom. The van der Waals surface area contributed by atoms with Gasteiger partial charge in [-0.3, -0.25) is 4.99 Å². The van der Waals surface area contributed by atoms with Gasteiger partial charge in [-0.2, -0.15) is 0 Å². The number of thiophene rings is 1. The zero-order chi connectivity index (χ0) is 11.8. The third kappa shape index (κ3) is 6.88. The van der Waals surface area contributed by atoms with Crippen LogP contribution in [0.4, 0.5) is 0 Å². The zero-order valence-corrected chi connectivity index (χ0v) is 13.8. The minimum absolute atomic E-state index is 0. The van der Waals surface area contributed by atoms with E-state index < -0.39 is 0 Å². The molecular weight excluding hydrogens is 345 g/mol. The molecule has 1 heterocycles. The molecule has 0 fully saturated rings. The van der Waals surface area contributed by atoms with E-state index in [9.17, 15) is 0 Å². The molecule has 1 aromatic rings. The fourth-order valence-corrected chi connectivity index (χ4v) is 2.00. The van der Waals surface area contributed by atoms with E-state index in [1.165, 1.54) is 4.88 Å². The third-order valence-electron chi connectivity index (χ3n) is 2.46.